The van der Waals surface area contributed by atoms with E-state index in [4.69, 9.17) is 14.2 Å². The molecule has 41 heavy (non-hydrogen) atoms. The molecular weight excluding hydrogens is 551 g/mol. The van der Waals surface area contributed by atoms with Gasteiger partial charge in [0, 0.05) is 20.2 Å². The van der Waals surface area contributed by atoms with Crippen molar-refractivity contribution in [3.8, 4) is 28.3 Å². The molecule has 0 fully saturated rings. The maximum Gasteiger partial charge on any atom is 0.451 e. The zero-order valence-corrected chi connectivity index (χ0v) is 26.1. The van der Waals surface area contributed by atoms with Crippen molar-refractivity contribution in [1.29, 1.82) is 0 Å². The zero-order chi connectivity index (χ0) is 30.6. The Kier molecular flexibility index (Phi) is 9.75. The summed E-state index contributed by atoms with van der Waals surface area (Å²) < 4.78 is 58.4. The Hall–Kier alpha value is -3.18. The van der Waals surface area contributed by atoms with Gasteiger partial charge in [-0.05, 0) is 63.9 Å². The zero-order valence-electron chi connectivity index (χ0n) is 25.1. The smallest absolute Gasteiger partial charge is 0.451 e. The third-order valence-corrected chi connectivity index (χ3v) is 7.72. The molecule has 0 aliphatic heterocycles. The molecule has 0 radical (unpaired) electrons. The summed E-state index contributed by atoms with van der Waals surface area (Å²) in [7, 11) is -1.37. The van der Waals surface area contributed by atoms with E-state index >= 15 is 0 Å². The molecule has 0 saturated heterocycles. The highest BCUT2D eigenvalue weighted by Crippen LogP contribution is 2.31. The highest BCUT2D eigenvalue weighted by molar-refractivity contribution is 6.76. The number of esters is 1. The van der Waals surface area contributed by atoms with Gasteiger partial charge in [0.25, 0.3) is 0 Å². The third-order valence-electron chi connectivity index (χ3n) is 6.02. The third kappa shape index (κ3) is 9.70. The molecule has 2 aromatic carbocycles. The number of hydrogen-bond acceptors (Lipinski definition) is 6. The van der Waals surface area contributed by atoms with Gasteiger partial charge < -0.3 is 14.2 Å². The van der Waals surface area contributed by atoms with Crippen molar-refractivity contribution in [2.75, 3.05) is 13.2 Å². The summed E-state index contributed by atoms with van der Waals surface area (Å²) in [6, 6.07) is 15.2. The van der Waals surface area contributed by atoms with Crippen LogP contribution in [-0.2, 0) is 27.2 Å². The molecular formula is C30H40F3N3O4Si. The highest BCUT2D eigenvalue weighted by Gasteiger charge is 2.38. The van der Waals surface area contributed by atoms with Gasteiger partial charge in [0.2, 0.25) is 5.82 Å². The van der Waals surface area contributed by atoms with Gasteiger partial charge >= 0.3 is 12.1 Å². The Labute approximate surface area is 241 Å². The fraction of sp³-hybridized carbons (Fsp3) is 0.500. The number of halogens is 3. The summed E-state index contributed by atoms with van der Waals surface area (Å²) in [5.41, 5.74) is 0.808. The molecule has 0 spiro atoms. The summed E-state index contributed by atoms with van der Waals surface area (Å²) in [4.78, 5) is 16.2. The fourth-order valence-corrected chi connectivity index (χ4v) is 4.34. The number of benzene rings is 2. The molecule has 224 valence electrons. The van der Waals surface area contributed by atoms with Gasteiger partial charge in [-0.1, -0.05) is 56.0 Å². The second-order valence-electron chi connectivity index (χ2n) is 12.9. The highest BCUT2D eigenvalue weighted by atomic mass is 28.3. The number of ether oxygens (including phenoxy) is 3. The molecule has 3 rings (SSSR count). The van der Waals surface area contributed by atoms with E-state index in [1.165, 1.54) is 0 Å². The Morgan fingerprint density at radius 2 is 1.41 bits per heavy atom. The van der Waals surface area contributed by atoms with Crippen molar-refractivity contribution >= 4 is 14.0 Å². The van der Waals surface area contributed by atoms with Gasteiger partial charge in [-0.15, -0.1) is 5.10 Å². The van der Waals surface area contributed by atoms with Crippen molar-refractivity contribution in [3.63, 3.8) is 0 Å². The molecule has 0 saturated carbocycles. The lowest BCUT2D eigenvalue weighted by Gasteiger charge is -2.28. The van der Waals surface area contributed by atoms with Gasteiger partial charge in [-0.2, -0.15) is 13.2 Å². The normalized spacial score (nSPS) is 12.9. The van der Waals surface area contributed by atoms with E-state index in [2.05, 4.69) is 29.7 Å². The molecule has 0 amide bonds. The summed E-state index contributed by atoms with van der Waals surface area (Å²) in [6.07, 6.45) is -4.65. The molecule has 11 heteroatoms. The molecule has 0 aliphatic rings. The van der Waals surface area contributed by atoms with Gasteiger partial charge in [-0.25, -0.2) is 9.67 Å². The first-order valence-electron chi connectivity index (χ1n) is 13.5. The van der Waals surface area contributed by atoms with Crippen LogP contribution in [0.15, 0.2) is 48.5 Å². The molecule has 0 aliphatic carbocycles. The van der Waals surface area contributed by atoms with Crippen LogP contribution in [0.5, 0.6) is 5.75 Å². The van der Waals surface area contributed by atoms with Crippen molar-refractivity contribution < 1.29 is 32.2 Å². The summed E-state index contributed by atoms with van der Waals surface area (Å²) in [5.74, 6) is -0.842. The standard InChI is InChI=1S/C30H40F3N3O4Si/c1-28(2,3)40-27(37)29(4,5)19-39-24-15-13-22(14-16-24)21-9-11-23(12-10-21)25-34-26(30(31,32)33)36(35-25)20-38-17-18-41(6,7)8/h9-16H,17-20H2,1-8H3. The first-order valence-corrected chi connectivity index (χ1v) is 17.2. The first kappa shape index (κ1) is 32.3. The van der Waals surface area contributed by atoms with E-state index in [0.29, 0.717) is 17.9 Å². The van der Waals surface area contributed by atoms with Crippen molar-refractivity contribution in [1.82, 2.24) is 14.8 Å². The van der Waals surface area contributed by atoms with Crippen LogP contribution in [0, 0.1) is 5.41 Å². The van der Waals surface area contributed by atoms with E-state index < -0.39 is 31.1 Å². The van der Waals surface area contributed by atoms with Gasteiger partial charge in [0.1, 0.15) is 24.7 Å². The molecule has 0 unspecified atom stereocenters. The second-order valence-corrected chi connectivity index (χ2v) is 18.5. The van der Waals surface area contributed by atoms with Crippen molar-refractivity contribution in [2.45, 2.75) is 78.8 Å². The molecule has 0 N–H and O–H groups in total. The molecule has 1 aromatic heterocycles. The molecule has 0 bridgehead atoms. The van der Waals surface area contributed by atoms with Crippen LogP contribution in [0.2, 0.25) is 25.7 Å². The van der Waals surface area contributed by atoms with Crippen molar-refractivity contribution in [3.05, 3.63) is 54.4 Å². The van der Waals surface area contributed by atoms with Crippen LogP contribution < -0.4 is 4.74 Å². The van der Waals surface area contributed by atoms with Crippen LogP contribution in [0.25, 0.3) is 22.5 Å². The van der Waals surface area contributed by atoms with Gasteiger partial charge in [0.05, 0.1) is 5.41 Å². The predicted octanol–water partition coefficient (Wildman–Crippen LogP) is 7.69. The molecule has 1 heterocycles. The van der Waals surface area contributed by atoms with Gasteiger partial charge in [-0.3, -0.25) is 4.79 Å². The number of carbonyl (C=O) groups excluding carboxylic acids is 1. The average Bonchev–Trinajstić information content (AvgIpc) is 3.29. The minimum Gasteiger partial charge on any atom is -0.492 e. The monoisotopic (exact) mass is 591 g/mol. The molecule has 3 aromatic rings. The largest absolute Gasteiger partial charge is 0.492 e. The number of hydrogen-bond donors (Lipinski definition) is 0. The van der Waals surface area contributed by atoms with E-state index in [0.717, 1.165) is 21.9 Å². The summed E-state index contributed by atoms with van der Waals surface area (Å²) in [5, 5.41) is 4.09. The minimum atomic E-state index is -4.65. The second kappa shape index (κ2) is 12.4. The maximum atomic E-state index is 13.6. The molecule has 0 atom stereocenters. The van der Waals surface area contributed by atoms with Gasteiger partial charge in [0.15, 0.2) is 5.82 Å². The van der Waals surface area contributed by atoms with Crippen LogP contribution in [0.3, 0.4) is 0 Å². The van der Waals surface area contributed by atoms with Crippen LogP contribution >= 0.6 is 0 Å². The Bertz CT molecular complexity index is 1310. The molecule has 7 nitrogen and oxygen atoms in total. The van der Waals surface area contributed by atoms with Crippen LogP contribution in [0.1, 0.15) is 40.4 Å². The Balaban J connectivity index is 1.67. The van der Waals surface area contributed by atoms with E-state index in [1.54, 1.807) is 50.2 Å². The number of rotatable bonds is 11. The lowest BCUT2D eigenvalue weighted by Crippen LogP contribution is -2.37. The summed E-state index contributed by atoms with van der Waals surface area (Å²) >= 11 is 0. The number of aromatic nitrogens is 3. The number of alkyl halides is 3. The fourth-order valence-electron chi connectivity index (χ4n) is 3.59. The average molecular weight is 592 g/mol. The predicted molar refractivity (Wildman–Crippen MR) is 155 cm³/mol. The summed E-state index contributed by atoms with van der Waals surface area (Å²) in [6.45, 7) is 15.7. The maximum absolute atomic E-state index is 13.6. The minimum absolute atomic E-state index is 0.0194. The van der Waals surface area contributed by atoms with E-state index in [-0.39, 0.29) is 25.1 Å². The Morgan fingerprint density at radius 3 is 1.93 bits per heavy atom. The SMILES string of the molecule is CC(C)(C)OC(=O)C(C)(C)COc1ccc(-c2ccc(-c3nc(C(F)(F)F)n(COCC[Si](C)(C)C)n3)cc2)cc1. The first-order chi connectivity index (χ1) is 18.8. The van der Waals surface area contributed by atoms with E-state index in [1.807, 2.05) is 32.9 Å². The number of nitrogens with zero attached hydrogens (tertiary/aromatic N) is 3. The van der Waals surface area contributed by atoms with E-state index in [9.17, 15) is 18.0 Å². The van der Waals surface area contributed by atoms with Crippen LogP contribution in [-0.4, -0.2) is 47.6 Å². The topological polar surface area (TPSA) is 75.5 Å². The Morgan fingerprint density at radius 1 is 0.878 bits per heavy atom. The lowest BCUT2D eigenvalue weighted by atomic mass is 9.94. The number of carbonyl (C=O) groups is 1. The lowest BCUT2D eigenvalue weighted by molar-refractivity contribution is -0.167. The van der Waals surface area contributed by atoms with Crippen molar-refractivity contribution in [2.24, 2.45) is 5.41 Å². The van der Waals surface area contributed by atoms with Crippen LogP contribution in [0.4, 0.5) is 13.2 Å². The quantitative estimate of drug-likeness (QED) is 0.129.